The predicted octanol–water partition coefficient (Wildman–Crippen LogP) is 3.47. The zero-order chi connectivity index (χ0) is 17.7. The van der Waals surface area contributed by atoms with E-state index in [1.165, 1.54) is 19.2 Å². The van der Waals surface area contributed by atoms with E-state index in [1.807, 2.05) is 0 Å². The molecule has 0 saturated carbocycles. The molecule has 0 aromatic heterocycles. The summed E-state index contributed by atoms with van der Waals surface area (Å²) in [6.45, 7) is 0. The molecule has 5 nitrogen and oxygen atoms in total. The lowest BCUT2D eigenvalue weighted by molar-refractivity contribution is -0.116. The third-order valence-corrected chi connectivity index (χ3v) is 5.33. The highest BCUT2D eigenvalue weighted by Gasteiger charge is 2.11. The molecule has 0 heterocycles. The van der Waals surface area contributed by atoms with Crippen LogP contribution < -0.4 is 10.0 Å². The molecule has 2 aromatic rings. The highest BCUT2D eigenvalue weighted by atomic mass is 35.5. The summed E-state index contributed by atoms with van der Waals surface area (Å²) in [4.78, 5) is 12.2. The van der Waals surface area contributed by atoms with E-state index in [1.54, 1.807) is 30.3 Å². The first-order valence-corrected chi connectivity index (χ1v) is 9.33. The van der Waals surface area contributed by atoms with Gasteiger partial charge in [-0.05, 0) is 49.4 Å². The van der Waals surface area contributed by atoms with Crippen LogP contribution in [0, 0.1) is 0 Å². The fourth-order valence-corrected chi connectivity index (χ4v) is 3.20. The summed E-state index contributed by atoms with van der Waals surface area (Å²) in [6, 6.07) is 11.2. The standard InChI is InChI=1S/C16H16Cl2N2O3S/c1-19-24(22,23)13-6-2-11(3-7-13)4-9-16(21)20-15-8-5-12(17)10-14(15)18/h2-3,5-8,10,19H,4,9H2,1H3,(H,20,21). The third kappa shape index (κ3) is 4.95. The molecule has 0 aliphatic carbocycles. The van der Waals surface area contributed by atoms with Gasteiger partial charge in [0.2, 0.25) is 15.9 Å². The largest absolute Gasteiger partial charge is 0.325 e. The molecule has 0 atom stereocenters. The monoisotopic (exact) mass is 386 g/mol. The Kier molecular flexibility index (Phi) is 6.23. The van der Waals surface area contributed by atoms with Gasteiger partial charge in [-0.3, -0.25) is 4.79 Å². The fourth-order valence-electron chi connectivity index (χ4n) is 2.01. The molecular weight excluding hydrogens is 371 g/mol. The first kappa shape index (κ1) is 18.7. The Labute approximate surface area is 151 Å². The van der Waals surface area contributed by atoms with E-state index in [-0.39, 0.29) is 17.2 Å². The van der Waals surface area contributed by atoms with Crippen molar-refractivity contribution in [3.63, 3.8) is 0 Å². The number of halogens is 2. The smallest absolute Gasteiger partial charge is 0.240 e. The Morgan fingerprint density at radius 2 is 1.75 bits per heavy atom. The van der Waals surface area contributed by atoms with Crippen LogP contribution in [0.3, 0.4) is 0 Å². The zero-order valence-electron chi connectivity index (χ0n) is 12.8. The quantitative estimate of drug-likeness (QED) is 0.797. The Morgan fingerprint density at radius 3 is 2.33 bits per heavy atom. The number of nitrogens with one attached hydrogen (secondary N) is 2. The third-order valence-electron chi connectivity index (χ3n) is 3.35. The molecular formula is C16H16Cl2N2O3S. The maximum Gasteiger partial charge on any atom is 0.240 e. The van der Waals surface area contributed by atoms with E-state index >= 15 is 0 Å². The number of sulfonamides is 1. The van der Waals surface area contributed by atoms with Gasteiger partial charge in [0.1, 0.15) is 0 Å². The summed E-state index contributed by atoms with van der Waals surface area (Å²) in [5.41, 5.74) is 1.36. The fraction of sp³-hybridized carbons (Fsp3) is 0.188. The maximum absolute atomic E-state index is 12.0. The van der Waals surface area contributed by atoms with Crippen LogP contribution in [-0.4, -0.2) is 21.4 Å². The maximum atomic E-state index is 12.0. The number of amides is 1. The van der Waals surface area contributed by atoms with Crippen molar-refractivity contribution in [2.24, 2.45) is 0 Å². The number of hydrogen-bond donors (Lipinski definition) is 2. The summed E-state index contributed by atoms with van der Waals surface area (Å²) in [7, 11) is -2.09. The first-order valence-electron chi connectivity index (χ1n) is 7.09. The average molecular weight is 387 g/mol. The Morgan fingerprint density at radius 1 is 1.08 bits per heavy atom. The van der Waals surface area contributed by atoms with Crippen molar-refractivity contribution in [2.45, 2.75) is 17.7 Å². The number of carbonyl (C=O) groups excluding carboxylic acids is 1. The van der Waals surface area contributed by atoms with Gasteiger partial charge >= 0.3 is 0 Å². The van der Waals surface area contributed by atoms with Crippen molar-refractivity contribution >= 4 is 44.8 Å². The molecule has 0 spiro atoms. The summed E-state index contributed by atoms with van der Waals surface area (Å²) >= 11 is 11.8. The van der Waals surface area contributed by atoms with E-state index in [0.29, 0.717) is 22.2 Å². The first-order chi connectivity index (χ1) is 11.3. The van der Waals surface area contributed by atoms with Crippen molar-refractivity contribution < 1.29 is 13.2 Å². The van der Waals surface area contributed by atoms with Gasteiger partial charge in [-0.1, -0.05) is 35.3 Å². The van der Waals surface area contributed by atoms with Crippen LogP contribution in [0.2, 0.25) is 10.0 Å². The Hall–Kier alpha value is -1.60. The normalized spacial score (nSPS) is 11.3. The summed E-state index contributed by atoms with van der Waals surface area (Å²) in [5.74, 6) is -0.189. The minimum absolute atomic E-state index is 0.186. The summed E-state index contributed by atoms with van der Waals surface area (Å²) in [5, 5.41) is 3.58. The molecule has 2 rings (SSSR count). The van der Waals surface area contributed by atoms with Crippen LogP contribution >= 0.6 is 23.2 Å². The van der Waals surface area contributed by atoms with Crippen molar-refractivity contribution in [1.82, 2.24) is 4.72 Å². The molecule has 2 N–H and O–H groups in total. The van der Waals surface area contributed by atoms with Crippen LogP contribution in [0.25, 0.3) is 0 Å². The van der Waals surface area contributed by atoms with Crippen molar-refractivity contribution in [3.8, 4) is 0 Å². The van der Waals surface area contributed by atoms with Gasteiger partial charge in [-0.2, -0.15) is 0 Å². The van der Waals surface area contributed by atoms with Gasteiger partial charge in [0.25, 0.3) is 0 Å². The van der Waals surface area contributed by atoms with Crippen molar-refractivity contribution in [3.05, 3.63) is 58.1 Å². The molecule has 0 aliphatic heterocycles. The second-order valence-corrected chi connectivity index (χ2v) is 7.75. The number of aryl methyl sites for hydroxylation is 1. The van der Waals surface area contributed by atoms with Crippen LogP contribution in [0.4, 0.5) is 5.69 Å². The van der Waals surface area contributed by atoms with Gasteiger partial charge in [0.15, 0.2) is 0 Å². The van der Waals surface area contributed by atoms with E-state index in [2.05, 4.69) is 10.0 Å². The Balaban J connectivity index is 1.94. The number of hydrogen-bond acceptors (Lipinski definition) is 3. The number of anilines is 1. The van der Waals surface area contributed by atoms with Gasteiger partial charge in [0, 0.05) is 11.4 Å². The van der Waals surface area contributed by atoms with E-state index in [9.17, 15) is 13.2 Å². The molecule has 0 fully saturated rings. The molecule has 8 heteroatoms. The lowest BCUT2D eigenvalue weighted by Crippen LogP contribution is -2.18. The highest BCUT2D eigenvalue weighted by Crippen LogP contribution is 2.25. The second-order valence-electron chi connectivity index (χ2n) is 5.02. The average Bonchev–Trinajstić information content (AvgIpc) is 2.56. The van der Waals surface area contributed by atoms with E-state index in [4.69, 9.17) is 23.2 Å². The number of benzene rings is 2. The molecule has 0 unspecified atom stereocenters. The number of rotatable bonds is 6. The molecule has 1 amide bonds. The van der Waals surface area contributed by atoms with Gasteiger partial charge in [-0.15, -0.1) is 0 Å². The van der Waals surface area contributed by atoms with Crippen molar-refractivity contribution in [2.75, 3.05) is 12.4 Å². The molecule has 24 heavy (non-hydrogen) atoms. The lowest BCUT2D eigenvalue weighted by atomic mass is 10.1. The molecule has 128 valence electrons. The van der Waals surface area contributed by atoms with Gasteiger partial charge in [-0.25, -0.2) is 13.1 Å². The van der Waals surface area contributed by atoms with Gasteiger partial charge in [0.05, 0.1) is 15.6 Å². The van der Waals surface area contributed by atoms with E-state index < -0.39 is 10.0 Å². The summed E-state index contributed by atoms with van der Waals surface area (Å²) in [6.07, 6.45) is 0.730. The van der Waals surface area contributed by atoms with Crippen molar-refractivity contribution in [1.29, 1.82) is 0 Å². The van der Waals surface area contributed by atoms with Crippen LogP contribution in [0.5, 0.6) is 0 Å². The SMILES string of the molecule is CNS(=O)(=O)c1ccc(CCC(=O)Nc2ccc(Cl)cc2Cl)cc1. The Bertz CT molecular complexity index is 837. The molecule has 0 bridgehead atoms. The topological polar surface area (TPSA) is 75.3 Å². The van der Waals surface area contributed by atoms with Crippen LogP contribution in [0.1, 0.15) is 12.0 Å². The lowest BCUT2D eigenvalue weighted by Gasteiger charge is -2.08. The predicted molar refractivity (Wildman–Crippen MR) is 96.1 cm³/mol. The summed E-state index contributed by atoms with van der Waals surface area (Å²) < 4.78 is 25.5. The minimum atomic E-state index is -3.45. The van der Waals surface area contributed by atoms with E-state index in [0.717, 1.165) is 5.56 Å². The van der Waals surface area contributed by atoms with Crippen LogP contribution in [-0.2, 0) is 21.2 Å². The highest BCUT2D eigenvalue weighted by molar-refractivity contribution is 7.89. The minimum Gasteiger partial charge on any atom is -0.325 e. The van der Waals surface area contributed by atoms with Gasteiger partial charge < -0.3 is 5.32 Å². The molecule has 0 saturated heterocycles. The zero-order valence-corrected chi connectivity index (χ0v) is 15.2. The molecule has 2 aromatic carbocycles. The molecule has 0 radical (unpaired) electrons. The second kappa shape index (κ2) is 7.98. The molecule has 0 aliphatic rings. The number of carbonyl (C=O) groups is 1. The van der Waals surface area contributed by atoms with Crippen LogP contribution in [0.15, 0.2) is 47.4 Å².